The quantitative estimate of drug-likeness (QED) is 0.501. The molecule has 0 fully saturated rings. The van der Waals surface area contributed by atoms with E-state index < -0.39 is 5.97 Å². The van der Waals surface area contributed by atoms with Gasteiger partial charge in [0.25, 0.3) is 0 Å². The van der Waals surface area contributed by atoms with Gasteiger partial charge in [-0.3, -0.25) is 4.68 Å². The number of nitrogens with two attached hydrogens (primary N) is 1. The number of esters is 1. The zero-order chi connectivity index (χ0) is 13.2. The molecule has 7 nitrogen and oxygen atoms in total. The summed E-state index contributed by atoms with van der Waals surface area (Å²) in [6.45, 7) is 4.40. The van der Waals surface area contributed by atoms with Gasteiger partial charge in [0, 0.05) is 13.2 Å². The average molecular weight is 256 g/mol. The molecule has 0 unspecified atom stereocenters. The second-order valence-corrected chi connectivity index (χ2v) is 3.76. The third-order valence-electron chi connectivity index (χ3n) is 2.21. The van der Waals surface area contributed by atoms with E-state index in [1.54, 1.807) is 0 Å². The molecule has 0 spiro atoms. The van der Waals surface area contributed by atoms with Gasteiger partial charge < -0.3 is 15.2 Å². The smallest absolute Gasteiger partial charge is 0.360 e. The zero-order valence-electron chi connectivity index (χ0n) is 10.7. The Morgan fingerprint density at radius 3 is 3.00 bits per heavy atom. The lowest BCUT2D eigenvalue weighted by molar-refractivity contribution is 0.0308. The molecule has 1 rings (SSSR count). The molecule has 0 aliphatic heterocycles. The number of carbonyl (C=O) groups excluding carboxylic acids is 1. The van der Waals surface area contributed by atoms with Crippen molar-refractivity contribution in [1.29, 1.82) is 0 Å². The Bertz CT molecular complexity index is 354. The summed E-state index contributed by atoms with van der Waals surface area (Å²) in [7, 11) is 0. The monoisotopic (exact) mass is 256 g/mol. The van der Waals surface area contributed by atoms with E-state index >= 15 is 0 Å². The molecular weight excluding hydrogens is 236 g/mol. The third kappa shape index (κ3) is 5.24. The Balaban J connectivity index is 2.19. The normalized spacial score (nSPS) is 10.6. The number of rotatable bonds is 9. The van der Waals surface area contributed by atoms with E-state index in [1.165, 1.54) is 10.9 Å². The summed E-state index contributed by atoms with van der Waals surface area (Å²) in [6, 6.07) is 0. The van der Waals surface area contributed by atoms with Gasteiger partial charge in [-0.05, 0) is 6.42 Å². The Hall–Kier alpha value is -1.47. The fourth-order valence-corrected chi connectivity index (χ4v) is 1.25. The topological polar surface area (TPSA) is 92.3 Å². The first-order valence-electron chi connectivity index (χ1n) is 6.13. The number of ether oxygens (including phenoxy) is 2. The van der Waals surface area contributed by atoms with Crippen molar-refractivity contribution in [2.75, 3.05) is 26.4 Å². The number of nitrogens with zero attached hydrogens (tertiary/aromatic N) is 3. The van der Waals surface area contributed by atoms with Gasteiger partial charge >= 0.3 is 5.97 Å². The van der Waals surface area contributed by atoms with E-state index in [-0.39, 0.29) is 12.3 Å². The number of hydrogen-bond donors (Lipinski definition) is 1. The summed E-state index contributed by atoms with van der Waals surface area (Å²) in [5.74, 6) is -0.489. The second-order valence-electron chi connectivity index (χ2n) is 3.76. The highest BCUT2D eigenvalue weighted by Crippen LogP contribution is 1.96. The van der Waals surface area contributed by atoms with Gasteiger partial charge in [0.2, 0.25) is 0 Å². The number of carbonyl (C=O) groups is 1. The van der Waals surface area contributed by atoms with Gasteiger partial charge in [-0.1, -0.05) is 18.6 Å². The SMILES string of the molecule is CCCCOCCOC(=O)c1cn(CCN)nn1. The molecule has 2 N–H and O–H groups in total. The molecule has 0 atom stereocenters. The fourth-order valence-electron chi connectivity index (χ4n) is 1.25. The van der Waals surface area contributed by atoms with Gasteiger partial charge in [-0.25, -0.2) is 4.79 Å². The van der Waals surface area contributed by atoms with Crippen LogP contribution in [0.4, 0.5) is 0 Å². The molecule has 0 radical (unpaired) electrons. The Morgan fingerprint density at radius 2 is 2.28 bits per heavy atom. The van der Waals surface area contributed by atoms with Crippen molar-refractivity contribution in [3.8, 4) is 0 Å². The summed E-state index contributed by atoms with van der Waals surface area (Å²) in [5, 5.41) is 7.46. The van der Waals surface area contributed by atoms with Crippen molar-refractivity contribution in [2.45, 2.75) is 26.3 Å². The first kappa shape index (κ1) is 14.6. The van der Waals surface area contributed by atoms with Gasteiger partial charge in [-0.15, -0.1) is 5.10 Å². The van der Waals surface area contributed by atoms with Gasteiger partial charge in [0.1, 0.15) is 6.61 Å². The van der Waals surface area contributed by atoms with Crippen LogP contribution in [0.15, 0.2) is 6.20 Å². The molecule has 0 aliphatic carbocycles. The van der Waals surface area contributed by atoms with Crippen LogP contribution in [-0.4, -0.2) is 47.3 Å². The lowest BCUT2D eigenvalue weighted by Crippen LogP contribution is -2.12. The maximum atomic E-state index is 11.5. The first-order valence-corrected chi connectivity index (χ1v) is 6.13. The number of hydrogen-bond acceptors (Lipinski definition) is 6. The highest BCUT2D eigenvalue weighted by atomic mass is 16.6. The van der Waals surface area contributed by atoms with Crippen molar-refractivity contribution in [2.24, 2.45) is 5.73 Å². The first-order chi connectivity index (χ1) is 8.77. The Labute approximate surface area is 106 Å². The summed E-state index contributed by atoms with van der Waals surface area (Å²) in [6.07, 6.45) is 3.62. The van der Waals surface area contributed by atoms with Crippen molar-refractivity contribution >= 4 is 5.97 Å². The highest BCUT2D eigenvalue weighted by molar-refractivity contribution is 5.86. The van der Waals surface area contributed by atoms with E-state index in [1.807, 2.05) is 0 Å². The minimum Gasteiger partial charge on any atom is -0.458 e. The van der Waals surface area contributed by atoms with E-state index in [2.05, 4.69) is 17.2 Å². The molecule has 102 valence electrons. The van der Waals surface area contributed by atoms with E-state index in [4.69, 9.17) is 15.2 Å². The molecule has 7 heteroatoms. The van der Waals surface area contributed by atoms with E-state index in [0.717, 1.165) is 12.8 Å². The summed E-state index contributed by atoms with van der Waals surface area (Å²) < 4.78 is 11.8. The van der Waals surface area contributed by atoms with Crippen LogP contribution < -0.4 is 5.73 Å². The Kier molecular flexibility index (Phi) is 6.97. The molecule has 1 aromatic heterocycles. The average Bonchev–Trinajstić information content (AvgIpc) is 2.82. The number of aromatic nitrogens is 3. The molecule has 0 bridgehead atoms. The van der Waals surface area contributed by atoms with Gasteiger partial charge in [0.05, 0.1) is 19.3 Å². The maximum Gasteiger partial charge on any atom is 0.360 e. The van der Waals surface area contributed by atoms with Crippen LogP contribution in [0.2, 0.25) is 0 Å². The summed E-state index contributed by atoms with van der Waals surface area (Å²) in [4.78, 5) is 11.5. The van der Waals surface area contributed by atoms with E-state index in [0.29, 0.717) is 26.3 Å². The van der Waals surface area contributed by atoms with Crippen LogP contribution >= 0.6 is 0 Å². The standard InChI is InChI=1S/C11H20N4O3/c1-2-3-6-17-7-8-18-11(16)10-9-15(5-4-12)14-13-10/h9H,2-8,12H2,1H3. The highest BCUT2D eigenvalue weighted by Gasteiger charge is 2.11. The van der Waals surface area contributed by atoms with Crippen LogP contribution in [0.5, 0.6) is 0 Å². The van der Waals surface area contributed by atoms with E-state index in [9.17, 15) is 4.79 Å². The molecule has 0 saturated heterocycles. The number of unbranched alkanes of at least 4 members (excludes halogenated alkanes) is 1. The molecule has 0 aliphatic rings. The lowest BCUT2D eigenvalue weighted by atomic mass is 10.4. The fraction of sp³-hybridized carbons (Fsp3) is 0.727. The van der Waals surface area contributed by atoms with Crippen molar-refractivity contribution < 1.29 is 14.3 Å². The summed E-state index contributed by atoms with van der Waals surface area (Å²) in [5.41, 5.74) is 5.55. The largest absolute Gasteiger partial charge is 0.458 e. The van der Waals surface area contributed by atoms with Crippen molar-refractivity contribution in [3.63, 3.8) is 0 Å². The second kappa shape index (κ2) is 8.60. The maximum absolute atomic E-state index is 11.5. The zero-order valence-corrected chi connectivity index (χ0v) is 10.7. The third-order valence-corrected chi connectivity index (χ3v) is 2.21. The molecule has 1 aromatic rings. The van der Waals surface area contributed by atoms with Crippen LogP contribution in [0, 0.1) is 0 Å². The molecule has 18 heavy (non-hydrogen) atoms. The summed E-state index contributed by atoms with van der Waals surface area (Å²) >= 11 is 0. The van der Waals surface area contributed by atoms with Gasteiger partial charge in [0.15, 0.2) is 5.69 Å². The van der Waals surface area contributed by atoms with Gasteiger partial charge in [-0.2, -0.15) is 0 Å². The lowest BCUT2D eigenvalue weighted by Gasteiger charge is -2.03. The predicted molar refractivity (Wildman–Crippen MR) is 65.1 cm³/mol. The molecule has 1 heterocycles. The minimum atomic E-state index is -0.489. The molecular formula is C11H20N4O3. The molecule has 0 aromatic carbocycles. The predicted octanol–water partition coefficient (Wildman–Crippen LogP) is 0.210. The van der Waals surface area contributed by atoms with Crippen LogP contribution in [0.1, 0.15) is 30.3 Å². The molecule has 0 amide bonds. The Morgan fingerprint density at radius 1 is 1.44 bits per heavy atom. The van der Waals surface area contributed by atoms with Crippen molar-refractivity contribution in [3.05, 3.63) is 11.9 Å². The van der Waals surface area contributed by atoms with Crippen LogP contribution in [0.3, 0.4) is 0 Å². The van der Waals surface area contributed by atoms with Crippen LogP contribution in [0.25, 0.3) is 0 Å². The van der Waals surface area contributed by atoms with Crippen LogP contribution in [-0.2, 0) is 16.0 Å². The minimum absolute atomic E-state index is 0.192. The van der Waals surface area contributed by atoms with Crippen molar-refractivity contribution in [1.82, 2.24) is 15.0 Å². The molecule has 0 saturated carbocycles.